The second-order valence-electron chi connectivity index (χ2n) is 3.10. The summed E-state index contributed by atoms with van der Waals surface area (Å²) in [7, 11) is 0. The molecule has 82 valence electrons. The molecular weight excluding hydrogens is 205 g/mol. The number of alkyl halides is 3. The van der Waals surface area contributed by atoms with Gasteiger partial charge in [0.15, 0.2) is 0 Å². The molecule has 1 heterocycles. The molecule has 0 fully saturated rings. The van der Waals surface area contributed by atoms with Crippen molar-refractivity contribution in [2.45, 2.75) is 18.6 Å². The zero-order chi connectivity index (χ0) is 11.5. The van der Waals surface area contributed by atoms with Crippen LogP contribution in [0.3, 0.4) is 0 Å². The molecule has 0 saturated carbocycles. The summed E-state index contributed by atoms with van der Waals surface area (Å²) in [5.74, 6) is 0. The molecule has 1 unspecified atom stereocenters. The Kier molecular flexibility index (Phi) is 3.47. The van der Waals surface area contributed by atoms with Crippen molar-refractivity contribution in [3.05, 3.63) is 42.2 Å². The highest BCUT2D eigenvalue weighted by atomic mass is 19.4. The van der Waals surface area contributed by atoms with Gasteiger partial charge >= 0.3 is 6.18 Å². The number of pyridine rings is 1. The van der Waals surface area contributed by atoms with Gasteiger partial charge in [0.1, 0.15) is 0 Å². The lowest BCUT2D eigenvalue weighted by atomic mass is 10.1. The smallest absolute Gasteiger partial charge is 0.322 e. The summed E-state index contributed by atoms with van der Waals surface area (Å²) in [6, 6.07) is 1.87. The molecule has 0 bridgehead atoms. The fourth-order valence-corrected chi connectivity index (χ4v) is 1.09. The largest absolute Gasteiger partial charge is 0.417 e. The Hall–Kier alpha value is -1.36. The van der Waals surface area contributed by atoms with Gasteiger partial charge in [0, 0.05) is 6.20 Å². The van der Waals surface area contributed by atoms with E-state index in [1.54, 1.807) is 6.08 Å². The van der Waals surface area contributed by atoms with E-state index in [-0.39, 0.29) is 0 Å². The third kappa shape index (κ3) is 3.06. The monoisotopic (exact) mass is 216 g/mol. The zero-order valence-corrected chi connectivity index (χ0v) is 7.96. The van der Waals surface area contributed by atoms with E-state index in [4.69, 9.17) is 5.73 Å². The Balaban J connectivity index is 2.85. The molecule has 0 aliphatic heterocycles. The molecule has 0 spiro atoms. The van der Waals surface area contributed by atoms with Gasteiger partial charge in [-0.15, -0.1) is 6.58 Å². The molecule has 0 aliphatic rings. The minimum atomic E-state index is -4.35. The maximum Gasteiger partial charge on any atom is 0.417 e. The number of hydrogen-bond donors (Lipinski definition) is 1. The molecule has 1 rings (SSSR count). The van der Waals surface area contributed by atoms with Crippen LogP contribution in [0.15, 0.2) is 31.0 Å². The van der Waals surface area contributed by atoms with E-state index in [1.165, 1.54) is 6.07 Å². The molecule has 0 radical (unpaired) electrons. The zero-order valence-electron chi connectivity index (χ0n) is 7.96. The predicted molar refractivity (Wildman–Crippen MR) is 51.0 cm³/mol. The average molecular weight is 216 g/mol. The summed E-state index contributed by atoms with van der Waals surface area (Å²) in [4.78, 5) is 3.67. The van der Waals surface area contributed by atoms with Crippen LogP contribution in [0.5, 0.6) is 0 Å². The number of nitrogens with zero attached hydrogens (tertiary/aromatic N) is 1. The van der Waals surface area contributed by atoms with Gasteiger partial charge in [-0.1, -0.05) is 6.08 Å². The van der Waals surface area contributed by atoms with Crippen LogP contribution in [0.4, 0.5) is 13.2 Å². The van der Waals surface area contributed by atoms with Crippen LogP contribution in [-0.4, -0.2) is 4.98 Å². The van der Waals surface area contributed by atoms with Gasteiger partial charge in [0.2, 0.25) is 0 Å². The molecule has 0 saturated heterocycles. The van der Waals surface area contributed by atoms with Gasteiger partial charge < -0.3 is 5.73 Å². The first-order valence-electron chi connectivity index (χ1n) is 4.34. The quantitative estimate of drug-likeness (QED) is 0.789. The standard InChI is InChI=1S/C10H11F3N2/c1-2-3-8(14)9-5-4-7(6-15-9)10(11,12)13/h2,4-6,8H,1,3,14H2. The highest BCUT2D eigenvalue weighted by Gasteiger charge is 2.30. The van der Waals surface area contributed by atoms with Gasteiger partial charge in [-0.3, -0.25) is 4.98 Å². The van der Waals surface area contributed by atoms with Crippen molar-refractivity contribution in [1.29, 1.82) is 0 Å². The van der Waals surface area contributed by atoms with E-state index in [0.29, 0.717) is 12.1 Å². The van der Waals surface area contributed by atoms with E-state index in [1.807, 2.05) is 0 Å². The first-order valence-corrected chi connectivity index (χ1v) is 4.34. The fourth-order valence-electron chi connectivity index (χ4n) is 1.09. The highest BCUT2D eigenvalue weighted by Crippen LogP contribution is 2.28. The van der Waals surface area contributed by atoms with Crippen molar-refractivity contribution in [3.63, 3.8) is 0 Å². The van der Waals surface area contributed by atoms with E-state index in [0.717, 1.165) is 12.3 Å². The number of hydrogen-bond acceptors (Lipinski definition) is 2. The number of aromatic nitrogens is 1. The SMILES string of the molecule is C=CCC(N)c1ccc(C(F)(F)F)cn1. The highest BCUT2D eigenvalue weighted by molar-refractivity contribution is 5.19. The Morgan fingerprint density at radius 1 is 1.47 bits per heavy atom. The first-order chi connectivity index (χ1) is 6.95. The molecule has 0 amide bonds. The molecule has 1 atom stereocenters. The summed E-state index contributed by atoms with van der Waals surface area (Å²) >= 11 is 0. The van der Waals surface area contributed by atoms with Crippen LogP contribution in [0.25, 0.3) is 0 Å². The van der Waals surface area contributed by atoms with Gasteiger partial charge in [0.05, 0.1) is 17.3 Å². The maximum atomic E-state index is 12.2. The normalized spacial score (nSPS) is 13.6. The Morgan fingerprint density at radius 3 is 2.53 bits per heavy atom. The van der Waals surface area contributed by atoms with Gasteiger partial charge in [-0.05, 0) is 18.6 Å². The van der Waals surface area contributed by atoms with Crippen molar-refractivity contribution >= 4 is 0 Å². The lowest BCUT2D eigenvalue weighted by Crippen LogP contribution is -2.12. The predicted octanol–water partition coefficient (Wildman–Crippen LogP) is 2.68. The molecule has 0 aliphatic carbocycles. The van der Waals surface area contributed by atoms with Crippen LogP contribution >= 0.6 is 0 Å². The minimum absolute atomic E-state index is 0.398. The second-order valence-corrected chi connectivity index (χ2v) is 3.10. The third-order valence-corrected chi connectivity index (χ3v) is 1.91. The first kappa shape index (κ1) is 11.7. The molecule has 1 aromatic rings. The fraction of sp³-hybridized carbons (Fsp3) is 0.300. The average Bonchev–Trinajstić information content (AvgIpc) is 2.17. The Labute approximate surface area is 85.6 Å². The van der Waals surface area contributed by atoms with Crippen molar-refractivity contribution in [2.24, 2.45) is 5.73 Å². The molecule has 1 aromatic heterocycles. The third-order valence-electron chi connectivity index (χ3n) is 1.91. The van der Waals surface area contributed by atoms with Crippen LogP contribution < -0.4 is 5.73 Å². The summed E-state index contributed by atoms with van der Waals surface area (Å²) in [5.41, 5.74) is 5.32. The van der Waals surface area contributed by atoms with Crippen LogP contribution in [0.2, 0.25) is 0 Å². The lowest BCUT2D eigenvalue weighted by molar-refractivity contribution is -0.137. The molecular formula is C10H11F3N2. The molecule has 15 heavy (non-hydrogen) atoms. The van der Waals surface area contributed by atoms with Crippen molar-refractivity contribution < 1.29 is 13.2 Å². The summed E-state index contributed by atoms with van der Waals surface area (Å²) in [5, 5.41) is 0. The summed E-state index contributed by atoms with van der Waals surface area (Å²) in [6.07, 6.45) is -1.48. The summed E-state index contributed by atoms with van der Waals surface area (Å²) in [6.45, 7) is 3.50. The van der Waals surface area contributed by atoms with E-state index in [9.17, 15) is 13.2 Å². The van der Waals surface area contributed by atoms with Crippen LogP contribution in [0, 0.1) is 0 Å². The molecule has 5 heteroatoms. The van der Waals surface area contributed by atoms with Gasteiger partial charge in [-0.2, -0.15) is 13.2 Å². The molecule has 2 nitrogen and oxygen atoms in total. The second kappa shape index (κ2) is 4.44. The van der Waals surface area contributed by atoms with Gasteiger partial charge in [-0.25, -0.2) is 0 Å². The minimum Gasteiger partial charge on any atom is -0.322 e. The number of nitrogens with two attached hydrogens (primary N) is 1. The topological polar surface area (TPSA) is 38.9 Å². The Bertz CT molecular complexity index is 330. The van der Waals surface area contributed by atoms with Crippen molar-refractivity contribution in [2.75, 3.05) is 0 Å². The van der Waals surface area contributed by atoms with Crippen LogP contribution in [-0.2, 0) is 6.18 Å². The lowest BCUT2D eigenvalue weighted by Gasteiger charge is -2.10. The van der Waals surface area contributed by atoms with Crippen molar-refractivity contribution in [3.8, 4) is 0 Å². The maximum absolute atomic E-state index is 12.2. The summed E-state index contributed by atoms with van der Waals surface area (Å²) < 4.78 is 36.5. The van der Waals surface area contributed by atoms with Crippen LogP contribution in [0.1, 0.15) is 23.7 Å². The van der Waals surface area contributed by atoms with E-state index in [2.05, 4.69) is 11.6 Å². The number of halogens is 3. The number of rotatable bonds is 3. The molecule has 0 aromatic carbocycles. The van der Waals surface area contributed by atoms with E-state index >= 15 is 0 Å². The van der Waals surface area contributed by atoms with Gasteiger partial charge in [0.25, 0.3) is 0 Å². The molecule has 2 N–H and O–H groups in total. The van der Waals surface area contributed by atoms with E-state index < -0.39 is 17.8 Å². The van der Waals surface area contributed by atoms with Crippen molar-refractivity contribution in [1.82, 2.24) is 4.98 Å². The Morgan fingerprint density at radius 2 is 2.13 bits per heavy atom.